The third kappa shape index (κ3) is 6.38. The molecule has 49 heavy (non-hydrogen) atoms. The summed E-state index contributed by atoms with van der Waals surface area (Å²) in [6.45, 7) is 4.11. The zero-order valence-corrected chi connectivity index (χ0v) is 28.5. The van der Waals surface area contributed by atoms with E-state index in [9.17, 15) is 31.7 Å². The van der Waals surface area contributed by atoms with Crippen molar-refractivity contribution in [2.75, 3.05) is 24.6 Å². The smallest absolute Gasteiger partial charge is 0.270 e. The average Bonchev–Trinajstić information content (AvgIpc) is 3.69. The summed E-state index contributed by atoms with van der Waals surface area (Å²) in [5.74, 6) is -2.14. The van der Waals surface area contributed by atoms with Gasteiger partial charge < -0.3 is 0 Å². The Kier molecular flexibility index (Phi) is 9.22. The van der Waals surface area contributed by atoms with Crippen LogP contribution < -0.4 is 0 Å². The molecule has 0 N–H and O–H groups in total. The molecule has 11 nitrogen and oxygen atoms in total. The summed E-state index contributed by atoms with van der Waals surface area (Å²) < 4.78 is 54.8. The first-order chi connectivity index (χ1) is 23.5. The number of hydrogen-bond donors (Lipinski definition) is 0. The maximum atomic E-state index is 14.4. The van der Waals surface area contributed by atoms with E-state index in [1.807, 2.05) is 36.4 Å². The van der Waals surface area contributed by atoms with Crippen LogP contribution in [-0.4, -0.2) is 78.3 Å². The topological polar surface area (TPSA) is 151 Å². The van der Waals surface area contributed by atoms with Crippen molar-refractivity contribution >= 4 is 43.3 Å². The first kappa shape index (κ1) is 33.7. The molecular weight excluding hydrogens is 663 g/mol. The first-order valence-corrected chi connectivity index (χ1v) is 19.0. The zero-order chi connectivity index (χ0) is 34.9. The summed E-state index contributed by atoms with van der Waals surface area (Å²) in [5, 5.41) is 15.1. The van der Waals surface area contributed by atoms with Crippen LogP contribution in [0.5, 0.6) is 0 Å². The van der Waals surface area contributed by atoms with Crippen LogP contribution in [0.3, 0.4) is 0 Å². The molecule has 1 aromatic heterocycles. The Balaban J connectivity index is 1.60. The van der Waals surface area contributed by atoms with Gasteiger partial charge in [-0.05, 0) is 42.3 Å². The molecule has 6 rings (SSSR count). The molecule has 4 aromatic rings. The van der Waals surface area contributed by atoms with Gasteiger partial charge in [0.05, 0.1) is 33.7 Å². The van der Waals surface area contributed by atoms with Crippen LogP contribution in [0, 0.1) is 11.3 Å². The lowest BCUT2D eigenvalue weighted by Crippen LogP contribution is -2.49. The van der Waals surface area contributed by atoms with Gasteiger partial charge in [0.15, 0.2) is 9.84 Å². The van der Waals surface area contributed by atoms with E-state index in [0.29, 0.717) is 41.2 Å². The predicted octanol–water partition coefficient (Wildman–Crippen LogP) is 4.49. The minimum absolute atomic E-state index is 0.00688. The molecule has 13 heteroatoms. The number of para-hydroxylation sites is 1. The van der Waals surface area contributed by atoms with Crippen LogP contribution in [0.15, 0.2) is 107 Å². The summed E-state index contributed by atoms with van der Waals surface area (Å²) in [6.07, 6.45) is 3.29. The number of sulfone groups is 1. The van der Waals surface area contributed by atoms with Gasteiger partial charge in [0, 0.05) is 36.0 Å². The maximum Gasteiger partial charge on any atom is 0.272 e. The number of imide groups is 1. The number of aromatic nitrogens is 2. The Labute approximate surface area is 285 Å². The lowest BCUT2D eigenvalue weighted by molar-refractivity contribution is -0.142. The van der Waals surface area contributed by atoms with Crippen LogP contribution in [0.1, 0.15) is 31.4 Å². The number of benzene rings is 3. The highest BCUT2D eigenvalue weighted by Gasteiger charge is 2.45. The molecule has 1 fully saturated rings. The number of nitriles is 1. The van der Waals surface area contributed by atoms with Gasteiger partial charge in [-0.15, -0.1) is 0 Å². The molecule has 250 valence electrons. The number of rotatable bonds is 9. The van der Waals surface area contributed by atoms with Gasteiger partial charge in [-0.2, -0.15) is 14.7 Å². The van der Waals surface area contributed by atoms with E-state index in [1.165, 1.54) is 22.5 Å². The minimum atomic E-state index is -3.82. The number of carbonyl (C=O) groups excluding carboxylic acids is 2. The number of nitrogens with zero attached hydrogens (tertiary/aromatic N) is 5. The highest BCUT2D eigenvalue weighted by atomic mass is 32.2. The van der Waals surface area contributed by atoms with Crippen molar-refractivity contribution in [1.82, 2.24) is 19.0 Å². The van der Waals surface area contributed by atoms with Gasteiger partial charge in [0.25, 0.3) is 11.8 Å². The van der Waals surface area contributed by atoms with E-state index in [-0.39, 0.29) is 39.5 Å². The van der Waals surface area contributed by atoms with Crippen LogP contribution >= 0.6 is 0 Å². The molecule has 1 atom stereocenters. The van der Waals surface area contributed by atoms with E-state index < -0.39 is 37.7 Å². The summed E-state index contributed by atoms with van der Waals surface area (Å²) >= 11 is 0. The fraction of sp³-hybridized carbons (Fsp3) is 0.222. The highest BCUT2D eigenvalue weighted by Crippen LogP contribution is 2.38. The zero-order valence-electron chi connectivity index (χ0n) is 26.9. The molecular formula is C36H33N5O6S2. The summed E-state index contributed by atoms with van der Waals surface area (Å²) in [5.41, 5.74) is 2.19. The number of sulfonamides is 1. The van der Waals surface area contributed by atoms with Crippen LogP contribution in [-0.2, 0) is 29.4 Å². The third-order valence-corrected chi connectivity index (χ3v) is 12.5. The number of hydrogen-bond acceptors (Lipinski definition) is 8. The largest absolute Gasteiger partial charge is 0.272 e. The minimum Gasteiger partial charge on any atom is -0.270 e. The Morgan fingerprint density at radius 2 is 1.59 bits per heavy atom. The van der Waals surface area contributed by atoms with Gasteiger partial charge >= 0.3 is 0 Å². The molecule has 1 unspecified atom stereocenters. The molecule has 0 spiro atoms. The summed E-state index contributed by atoms with van der Waals surface area (Å²) in [6, 6.07) is 25.2. The van der Waals surface area contributed by atoms with Crippen molar-refractivity contribution in [3.05, 3.63) is 113 Å². The van der Waals surface area contributed by atoms with Gasteiger partial charge in [-0.1, -0.05) is 74.5 Å². The van der Waals surface area contributed by atoms with Crippen LogP contribution in [0.4, 0.5) is 0 Å². The standard InChI is InChI=1S/C36H33N5O6S2/c1-3-39(4-2)49(46,47)30-17-11-14-26(20-30)34-27(23-40(38-34)28-15-9-6-10-16-28)21-31-33(25-12-7-5-8-13-25)32(22-37)36(43)41(35(31)42)29-18-19-48(44,45)24-29/h5-17,20-21,23,29H,3-4,18-19,24H2,1-2H3/b31-21-. The summed E-state index contributed by atoms with van der Waals surface area (Å²) in [4.78, 5) is 29.2. The fourth-order valence-corrected chi connectivity index (χ4v) is 9.45. The first-order valence-electron chi connectivity index (χ1n) is 15.7. The second kappa shape index (κ2) is 13.4. The molecule has 1 saturated heterocycles. The maximum absolute atomic E-state index is 14.4. The molecule has 0 bridgehead atoms. The Bertz CT molecular complexity index is 2270. The summed E-state index contributed by atoms with van der Waals surface area (Å²) in [7, 11) is -7.31. The van der Waals surface area contributed by atoms with Crippen LogP contribution in [0.25, 0.3) is 28.6 Å². The molecule has 2 aliphatic rings. The van der Waals surface area contributed by atoms with Gasteiger partial charge in [0.2, 0.25) is 10.0 Å². The number of carbonyl (C=O) groups is 2. The number of amides is 2. The van der Waals surface area contributed by atoms with Crippen molar-refractivity contribution in [3.63, 3.8) is 0 Å². The monoisotopic (exact) mass is 695 g/mol. The Hall–Kier alpha value is -5.16. The van der Waals surface area contributed by atoms with Gasteiger partial charge in [-0.25, -0.2) is 21.5 Å². The Morgan fingerprint density at radius 3 is 2.20 bits per heavy atom. The normalized spacial score (nSPS) is 18.8. The molecule has 2 amide bonds. The van der Waals surface area contributed by atoms with E-state index in [4.69, 9.17) is 5.10 Å². The third-order valence-electron chi connectivity index (χ3n) is 8.66. The quantitative estimate of drug-likeness (QED) is 0.184. The lowest BCUT2D eigenvalue weighted by atomic mass is 9.86. The van der Waals surface area contributed by atoms with Gasteiger partial charge in [-0.3, -0.25) is 14.5 Å². The second-order valence-corrected chi connectivity index (χ2v) is 15.8. The van der Waals surface area contributed by atoms with Crippen molar-refractivity contribution in [2.24, 2.45) is 0 Å². The molecule has 0 saturated carbocycles. The molecule has 3 heterocycles. The van der Waals surface area contributed by atoms with Crippen molar-refractivity contribution in [3.8, 4) is 23.0 Å². The van der Waals surface area contributed by atoms with Crippen molar-refractivity contribution in [1.29, 1.82) is 5.26 Å². The molecule has 2 aliphatic heterocycles. The average molecular weight is 696 g/mol. The Morgan fingerprint density at radius 1 is 0.939 bits per heavy atom. The van der Waals surface area contributed by atoms with E-state index in [1.54, 1.807) is 67.2 Å². The van der Waals surface area contributed by atoms with Gasteiger partial charge in [0.1, 0.15) is 17.3 Å². The van der Waals surface area contributed by atoms with Crippen molar-refractivity contribution in [2.45, 2.75) is 31.2 Å². The molecule has 3 aromatic carbocycles. The second-order valence-electron chi connectivity index (χ2n) is 11.7. The van der Waals surface area contributed by atoms with Crippen molar-refractivity contribution < 1.29 is 26.4 Å². The fourth-order valence-electron chi connectivity index (χ4n) is 6.25. The molecule has 0 radical (unpaired) electrons. The SMILES string of the molecule is CCN(CC)S(=O)(=O)c1cccc(-c2nn(-c3ccccc3)cc2/C=C2\C(=O)N(C3CCS(=O)(=O)C3)C(=O)C(C#N)=C2c2ccccc2)c1. The highest BCUT2D eigenvalue weighted by molar-refractivity contribution is 7.91. The lowest BCUT2D eigenvalue weighted by Gasteiger charge is -2.32. The van der Waals surface area contributed by atoms with E-state index in [2.05, 4.69) is 0 Å². The molecule has 0 aliphatic carbocycles. The van der Waals surface area contributed by atoms with E-state index >= 15 is 0 Å². The predicted molar refractivity (Wildman–Crippen MR) is 185 cm³/mol. The van der Waals surface area contributed by atoms with Crippen LogP contribution in [0.2, 0.25) is 0 Å². The van der Waals surface area contributed by atoms with E-state index in [0.717, 1.165) is 4.90 Å².